The van der Waals surface area contributed by atoms with Crippen molar-refractivity contribution in [1.29, 1.82) is 0 Å². The summed E-state index contributed by atoms with van der Waals surface area (Å²) in [4.78, 5) is 0. The van der Waals surface area contributed by atoms with E-state index < -0.39 is 6.04 Å². The number of hydrogen-bond donors (Lipinski definition) is 1. The number of nitrogens with two attached hydrogens (primary N) is 1. The van der Waals surface area contributed by atoms with Gasteiger partial charge in [-0.1, -0.05) is 17.7 Å². The van der Waals surface area contributed by atoms with Crippen LogP contribution in [0.2, 0.25) is 10.2 Å². The minimum absolute atomic E-state index is 0.329. The van der Waals surface area contributed by atoms with Gasteiger partial charge in [-0.3, -0.25) is 0 Å². The van der Waals surface area contributed by atoms with E-state index in [1.165, 1.54) is 0 Å². The number of furan rings is 1. The van der Waals surface area contributed by atoms with Crippen LogP contribution in [-0.2, 0) is 0 Å². The molecule has 0 saturated carbocycles. The first kappa shape index (κ1) is 12.5. The first-order valence-corrected chi connectivity index (χ1v) is 6.02. The van der Waals surface area contributed by atoms with Gasteiger partial charge in [-0.25, -0.2) is 0 Å². The van der Waals surface area contributed by atoms with Gasteiger partial charge in [-0.2, -0.15) is 0 Å². The second-order valence-corrected chi connectivity index (χ2v) is 4.86. The van der Waals surface area contributed by atoms with Crippen molar-refractivity contribution in [2.75, 3.05) is 0 Å². The van der Waals surface area contributed by atoms with Crippen molar-refractivity contribution >= 4 is 23.2 Å². The van der Waals surface area contributed by atoms with Gasteiger partial charge in [0.25, 0.3) is 0 Å². The number of aryl methyl sites for hydroxylation is 2. The molecule has 2 N–H and O–H groups in total. The Morgan fingerprint density at radius 2 is 1.76 bits per heavy atom. The van der Waals surface area contributed by atoms with Gasteiger partial charge in [0, 0.05) is 5.02 Å². The Kier molecular flexibility index (Phi) is 3.48. The molecule has 0 saturated heterocycles. The lowest BCUT2D eigenvalue weighted by atomic mass is 10.00. The number of benzene rings is 1. The highest BCUT2D eigenvalue weighted by Gasteiger charge is 2.17. The van der Waals surface area contributed by atoms with E-state index in [0.717, 1.165) is 16.7 Å². The molecule has 0 aliphatic heterocycles. The molecule has 0 aliphatic carbocycles. The molecule has 1 aromatic heterocycles. The van der Waals surface area contributed by atoms with Gasteiger partial charge < -0.3 is 10.2 Å². The maximum absolute atomic E-state index is 6.20. The topological polar surface area (TPSA) is 39.2 Å². The minimum atomic E-state index is -0.394. The Hall–Kier alpha value is -0.960. The maximum atomic E-state index is 6.20. The van der Waals surface area contributed by atoms with Crippen LogP contribution in [0.15, 0.2) is 28.7 Å². The molecule has 2 nitrogen and oxygen atoms in total. The summed E-state index contributed by atoms with van der Waals surface area (Å²) in [5.41, 5.74) is 9.25. The zero-order valence-electron chi connectivity index (χ0n) is 9.63. The van der Waals surface area contributed by atoms with Gasteiger partial charge in [-0.05, 0) is 60.3 Å². The van der Waals surface area contributed by atoms with Crippen molar-refractivity contribution in [3.05, 3.63) is 57.0 Å². The second kappa shape index (κ2) is 4.73. The predicted molar refractivity (Wildman–Crippen MR) is 70.7 cm³/mol. The van der Waals surface area contributed by atoms with Crippen LogP contribution in [0.3, 0.4) is 0 Å². The molecular formula is C13H13Cl2NO. The molecule has 1 unspecified atom stereocenters. The Bertz CT molecular complexity index is 548. The van der Waals surface area contributed by atoms with Crippen LogP contribution in [0, 0.1) is 13.8 Å². The Morgan fingerprint density at radius 3 is 2.35 bits per heavy atom. The van der Waals surface area contributed by atoms with Crippen molar-refractivity contribution < 1.29 is 4.42 Å². The third-order valence-corrected chi connectivity index (χ3v) is 3.38. The highest BCUT2D eigenvalue weighted by molar-refractivity contribution is 6.31. The molecule has 4 heteroatoms. The van der Waals surface area contributed by atoms with Crippen molar-refractivity contribution in [2.45, 2.75) is 19.9 Å². The molecule has 90 valence electrons. The van der Waals surface area contributed by atoms with Crippen molar-refractivity contribution in [1.82, 2.24) is 0 Å². The normalized spacial score (nSPS) is 12.8. The number of halogens is 2. The Labute approximate surface area is 110 Å². The first-order chi connectivity index (χ1) is 7.99. The van der Waals surface area contributed by atoms with E-state index in [-0.39, 0.29) is 0 Å². The lowest BCUT2D eigenvalue weighted by Crippen LogP contribution is -2.12. The average molecular weight is 270 g/mol. The molecule has 2 rings (SSSR count). The molecule has 0 bridgehead atoms. The smallest absolute Gasteiger partial charge is 0.193 e. The van der Waals surface area contributed by atoms with Crippen LogP contribution in [0.25, 0.3) is 0 Å². The second-order valence-electron chi connectivity index (χ2n) is 4.08. The van der Waals surface area contributed by atoms with E-state index in [4.69, 9.17) is 33.4 Å². The summed E-state index contributed by atoms with van der Waals surface area (Å²) in [5.74, 6) is 0.611. The zero-order chi connectivity index (χ0) is 12.6. The van der Waals surface area contributed by atoms with E-state index in [0.29, 0.717) is 16.0 Å². The van der Waals surface area contributed by atoms with Gasteiger partial charge in [-0.15, -0.1) is 0 Å². The minimum Gasteiger partial charge on any atom is -0.448 e. The highest BCUT2D eigenvalue weighted by atomic mass is 35.5. The molecule has 0 aliphatic rings. The van der Waals surface area contributed by atoms with Crippen LogP contribution in [0.5, 0.6) is 0 Å². The van der Waals surface area contributed by atoms with Gasteiger partial charge in [0.2, 0.25) is 0 Å². The van der Waals surface area contributed by atoms with E-state index in [1.807, 2.05) is 26.0 Å². The van der Waals surface area contributed by atoms with Gasteiger partial charge >= 0.3 is 0 Å². The molecule has 1 aromatic carbocycles. The summed E-state index contributed by atoms with van der Waals surface area (Å²) >= 11 is 11.9. The molecule has 1 heterocycles. The summed E-state index contributed by atoms with van der Waals surface area (Å²) in [7, 11) is 0. The van der Waals surface area contributed by atoms with Crippen LogP contribution in [-0.4, -0.2) is 0 Å². The standard InChI is InChI=1S/C13H13Cl2NO/c1-7-5-9(10(14)6-8(7)2)13(16)11-3-4-12(15)17-11/h3-6,13H,16H2,1-2H3. The van der Waals surface area contributed by atoms with Crippen molar-refractivity contribution in [2.24, 2.45) is 5.73 Å². The van der Waals surface area contributed by atoms with E-state index in [9.17, 15) is 0 Å². The summed E-state index contributed by atoms with van der Waals surface area (Å²) in [6.07, 6.45) is 0. The van der Waals surface area contributed by atoms with Crippen LogP contribution >= 0.6 is 23.2 Å². The lowest BCUT2D eigenvalue weighted by molar-refractivity contribution is 0.491. The summed E-state index contributed by atoms with van der Waals surface area (Å²) in [6.45, 7) is 4.04. The van der Waals surface area contributed by atoms with E-state index in [1.54, 1.807) is 12.1 Å². The fraction of sp³-hybridized carbons (Fsp3) is 0.231. The quantitative estimate of drug-likeness (QED) is 0.885. The molecule has 0 amide bonds. The molecule has 0 spiro atoms. The molecular weight excluding hydrogens is 257 g/mol. The Morgan fingerprint density at radius 1 is 1.12 bits per heavy atom. The average Bonchev–Trinajstić information content (AvgIpc) is 2.69. The fourth-order valence-electron chi connectivity index (χ4n) is 1.69. The SMILES string of the molecule is Cc1cc(Cl)c(C(N)c2ccc(Cl)o2)cc1C. The van der Waals surface area contributed by atoms with Crippen LogP contribution in [0.1, 0.15) is 28.5 Å². The predicted octanol–water partition coefficient (Wildman–Crippen LogP) is 4.25. The fourth-order valence-corrected chi connectivity index (χ4v) is 2.18. The number of hydrogen-bond acceptors (Lipinski definition) is 2. The molecule has 0 fully saturated rings. The number of rotatable bonds is 2. The highest BCUT2D eigenvalue weighted by Crippen LogP contribution is 2.30. The van der Waals surface area contributed by atoms with E-state index in [2.05, 4.69) is 0 Å². The molecule has 1 atom stereocenters. The summed E-state index contributed by atoms with van der Waals surface area (Å²) in [6, 6.07) is 6.94. The monoisotopic (exact) mass is 269 g/mol. The Balaban J connectivity index is 2.43. The third-order valence-electron chi connectivity index (χ3n) is 2.85. The first-order valence-electron chi connectivity index (χ1n) is 5.26. The summed E-state index contributed by atoms with van der Waals surface area (Å²) < 4.78 is 5.31. The maximum Gasteiger partial charge on any atom is 0.193 e. The lowest BCUT2D eigenvalue weighted by Gasteiger charge is -2.13. The zero-order valence-corrected chi connectivity index (χ0v) is 11.1. The molecule has 2 aromatic rings. The molecule has 17 heavy (non-hydrogen) atoms. The third kappa shape index (κ3) is 2.49. The van der Waals surface area contributed by atoms with Crippen molar-refractivity contribution in [3.63, 3.8) is 0 Å². The van der Waals surface area contributed by atoms with Gasteiger partial charge in [0.1, 0.15) is 5.76 Å². The van der Waals surface area contributed by atoms with Gasteiger partial charge in [0.05, 0.1) is 6.04 Å². The van der Waals surface area contributed by atoms with E-state index >= 15 is 0 Å². The van der Waals surface area contributed by atoms with Crippen LogP contribution in [0.4, 0.5) is 0 Å². The van der Waals surface area contributed by atoms with Crippen LogP contribution < -0.4 is 5.73 Å². The largest absolute Gasteiger partial charge is 0.448 e. The summed E-state index contributed by atoms with van der Waals surface area (Å²) in [5, 5.41) is 0.975. The van der Waals surface area contributed by atoms with Crippen molar-refractivity contribution in [3.8, 4) is 0 Å². The van der Waals surface area contributed by atoms with Gasteiger partial charge in [0.15, 0.2) is 5.22 Å². The molecule has 0 radical (unpaired) electrons.